The van der Waals surface area contributed by atoms with Crippen molar-refractivity contribution >= 4 is 49.1 Å². The van der Waals surface area contributed by atoms with E-state index in [-0.39, 0.29) is 5.91 Å². The molecular formula is C15H14Br2N2O2. The van der Waals surface area contributed by atoms with Gasteiger partial charge < -0.3 is 15.8 Å². The molecule has 110 valence electrons. The van der Waals surface area contributed by atoms with Crippen LogP contribution in [0.15, 0.2) is 45.3 Å². The Morgan fingerprint density at radius 2 is 1.76 bits per heavy atom. The monoisotopic (exact) mass is 412 g/mol. The van der Waals surface area contributed by atoms with Crippen LogP contribution in [0.2, 0.25) is 0 Å². The Morgan fingerprint density at radius 3 is 2.29 bits per heavy atom. The zero-order valence-corrected chi connectivity index (χ0v) is 14.5. The van der Waals surface area contributed by atoms with Crippen molar-refractivity contribution in [3.63, 3.8) is 0 Å². The average molecular weight is 414 g/mol. The minimum Gasteiger partial charge on any atom is -0.494 e. The minimum absolute atomic E-state index is 0.204. The highest BCUT2D eigenvalue weighted by atomic mass is 79.9. The molecule has 21 heavy (non-hydrogen) atoms. The van der Waals surface area contributed by atoms with Crippen LogP contribution in [-0.2, 0) is 0 Å². The van der Waals surface area contributed by atoms with Gasteiger partial charge in [0.05, 0.1) is 12.3 Å². The summed E-state index contributed by atoms with van der Waals surface area (Å²) in [7, 11) is 0. The lowest BCUT2D eigenvalue weighted by Crippen LogP contribution is -2.12. The molecule has 0 aliphatic rings. The smallest absolute Gasteiger partial charge is 0.255 e. The normalized spacial score (nSPS) is 10.2. The van der Waals surface area contributed by atoms with Crippen LogP contribution >= 0.6 is 31.9 Å². The highest BCUT2D eigenvalue weighted by Crippen LogP contribution is 2.33. The van der Waals surface area contributed by atoms with Gasteiger partial charge in [0.25, 0.3) is 5.91 Å². The number of halogens is 2. The maximum Gasteiger partial charge on any atom is 0.255 e. The number of benzene rings is 2. The molecule has 0 heterocycles. The summed E-state index contributed by atoms with van der Waals surface area (Å²) in [6.07, 6.45) is 0. The van der Waals surface area contributed by atoms with E-state index in [4.69, 9.17) is 10.5 Å². The maximum absolute atomic E-state index is 12.2. The van der Waals surface area contributed by atoms with Crippen LogP contribution in [0.4, 0.5) is 11.4 Å². The molecule has 0 unspecified atom stereocenters. The lowest BCUT2D eigenvalue weighted by atomic mass is 10.2. The molecule has 2 aromatic rings. The summed E-state index contributed by atoms with van der Waals surface area (Å²) in [4.78, 5) is 12.2. The van der Waals surface area contributed by atoms with Crippen LogP contribution in [0.3, 0.4) is 0 Å². The molecule has 0 aliphatic heterocycles. The quantitative estimate of drug-likeness (QED) is 0.728. The first-order valence-corrected chi connectivity index (χ1v) is 7.88. The molecule has 4 nitrogen and oxygen atoms in total. The van der Waals surface area contributed by atoms with E-state index in [1.54, 1.807) is 36.4 Å². The predicted molar refractivity (Wildman–Crippen MR) is 91.8 cm³/mol. The van der Waals surface area contributed by atoms with Crippen LogP contribution in [-0.4, -0.2) is 12.5 Å². The van der Waals surface area contributed by atoms with Crippen molar-refractivity contribution < 1.29 is 9.53 Å². The fraction of sp³-hybridized carbons (Fsp3) is 0.133. The van der Waals surface area contributed by atoms with E-state index in [0.717, 1.165) is 5.75 Å². The molecule has 2 rings (SSSR count). The van der Waals surface area contributed by atoms with E-state index in [2.05, 4.69) is 37.2 Å². The third-order valence-electron chi connectivity index (χ3n) is 2.73. The van der Waals surface area contributed by atoms with Gasteiger partial charge in [0.1, 0.15) is 5.75 Å². The molecule has 0 atom stereocenters. The Hall–Kier alpha value is -1.53. The van der Waals surface area contributed by atoms with E-state index in [1.807, 2.05) is 6.92 Å². The summed E-state index contributed by atoms with van der Waals surface area (Å²) in [5.41, 5.74) is 7.53. The predicted octanol–water partition coefficient (Wildman–Crippen LogP) is 4.44. The lowest BCUT2D eigenvalue weighted by molar-refractivity contribution is 0.102. The highest BCUT2D eigenvalue weighted by Gasteiger charge is 2.12. The van der Waals surface area contributed by atoms with Gasteiger partial charge >= 0.3 is 0 Å². The van der Waals surface area contributed by atoms with Gasteiger partial charge in [-0.1, -0.05) is 0 Å². The van der Waals surface area contributed by atoms with Crippen LogP contribution in [0, 0.1) is 0 Å². The number of anilines is 2. The standard InChI is InChI=1S/C15H14Br2N2O2/c1-2-21-11-5-3-9(4-6-11)15(20)19-14-12(16)7-10(18)8-13(14)17/h3-8H,2,18H2,1H3,(H,19,20). The molecule has 0 fully saturated rings. The summed E-state index contributed by atoms with van der Waals surface area (Å²) in [5, 5.41) is 2.84. The number of nitrogen functional groups attached to an aromatic ring is 1. The zero-order valence-electron chi connectivity index (χ0n) is 11.3. The molecule has 1 amide bonds. The maximum atomic E-state index is 12.2. The number of carbonyl (C=O) groups excluding carboxylic acids is 1. The van der Waals surface area contributed by atoms with Crippen LogP contribution in [0.25, 0.3) is 0 Å². The fourth-order valence-corrected chi connectivity index (χ4v) is 3.19. The number of nitrogens with one attached hydrogen (secondary N) is 1. The number of ether oxygens (including phenoxy) is 1. The number of hydrogen-bond donors (Lipinski definition) is 2. The van der Waals surface area contributed by atoms with Gasteiger partial charge in [-0.3, -0.25) is 4.79 Å². The first-order valence-electron chi connectivity index (χ1n) is 6.30. The number of amides is 1. The summed E-state index contributed by atoms with van der Waals surface area (Å²) >= 11 is 6.77. The van der Waals surface area contributed by atoms with Gasteiger partial charge in [-0.05, 0) is 75.2 Å². The first-order chi connectivity index (χ1) is 10.0. The van der Waals surface area contributed by atoms with Gasteiger partial charge in [-0.2, -0.15) is 0 Å². The second-order valence-electron chi connectivity index (χ2n) is 4.27. The van der Waals surface area contributed by atoms with E-state index in [1.165, 1.54) is 0 Å². The molecule has 0 saturated heterocycles. The Kier molecular flexibility index (Phi) is 5.25. The summed E-state index contributed by atoms with van der Waals surface area (Å²) < 4.78 is 6.78. The van der Waals surface area contributed by atoms with Crippen LogP contribution in [0.5, 0.6) is 5.75 Å². The number of carbonyl (C=O) groups is 1. The second kappa shape index (κ2) is 6.95. The average Bonchev–Trinajstić information content (AvgIpc) is 2.43. The van der Waals surface area contributed by atoms with Gasteiger partial charge in [0.15, 0.2) is 0 Å². The van der Waals surface area contributed by atoms with Crippen molar-refractivity contribution in [3.8, 4) is 5.75 Å². The molecule has 0 radical (unpaired) electrons. The molecule has 0 saturated carbocycles. The summed E-state index contributed by atoms with van der Waals surface area (Å²) in [6, 6.07) is 10.5. The van der Waals surface area contributed by atoms with E-state index in [9.17, 15) is 4.79 Å². The van der Waals surface area contributed by atoms with Gasteiger partial charge in [0, 0.05) is 20.2 Å². The highest BCUT2D eigenvalue weighted by molar-refractivity contribution is 9.11. The first kappa shape index (κ1) is 15.9. The third-order valence-corrected chi connectivity index (χ3v) is 3.98. The molecule has 0 aromatic heterocycles. The Labute approximate surface area is 139 Å². The molecular weight excluding hydrogens is 400 g/mol. The topological polar surface area (TPSA) is 64.3 Å². The van der Waals surface area contributed by atoms with Crippen molar-refractivity contribution in [3.05, 3.63) is 50.9 Å². The Morgan fingerprint density at radius 1 is 1.19 bits per heavy atom. The summed E-state index contributed by atoms with van der Waals surface area (Å²) in [5.74, 6) is 0.535. The molecule has 6 heteroatoms. The minimum atomic E-state index is -0.204. The molecule has 2 aromatic carbocycles. The van der Waals surface area contributed by atoms with E-state index >= 15 is 0 Å². The van der Waals surface area contributed by atoms with Crippen molar-refractivity contribution in [1.82, 2.24) is 0 Å². The Bertz CT molecular complexity index is 634. The molecule has 0 spiro atoms. The number of hydrogen-bond acceptors (Lipinski definition) is 3. The fourth-order valence-electron chi connectivity index (χ4n) is 1.77. The molecule has 3 N–H and O–H groups in total. The zero-order chi connectivity index (χ0) is 15.4. The van der Waals surface area contributed by atoms with Gasteiger partial charge in [-0.15, -0.1) is 0 Å². The third kappa shape index (κ3) is 3.98. The lowest BCUT2D eigenvalue weighted by Gasteiger charge is -2.11. The van der Waals surface area contributed by atoms with Crippen LogP contribution in [0.1, 0.15) is 17.3 Å². The van der Waals surface area contributed by atoms with Gasteiger partial charge in [-0.25, -0.2) is 0 Å². The van der Waals surface area contributed by atoms with E-state index in [0.29, 0.717) is 32.5 Å². The largest absolute Gasteiger partial charge is 0.494 e. The second-order valence-corrected chi connectivity index (χ2v) is 5.98. The van der Waals surface area contributed by atoms with Crippen molar-refractivity contribution in [2.45, 2.75) is 6.92 Å². The summed E-state index contributed by atoms with van der Waals surface area (Å²) in [6.45, 7) is 2.51. The van der Waals surface area contributed by atoms with Crippen LogP contribution < -0.4 is 15.8 Å². The van der Waals surface area contributed by atoms with Crippen molar-refractivity contribution in [1.29, 1.82) is 0 Å². The molecule has 0 aliphatic carbocycles. The number of nitrogens with two attached hydrogens (primary N) is 1. The van der Waals surface area contributed by atoms with Gasteiger partial charge in [0.2, 0.25) is 0 Å². The van der Waals surface area contributed by atoms with Crippen molar-refractivity contribution in [2.24, 2.45) is 0 Å². The SMILES string of the molecule is CCOc1ccc(C(=O)Nc2c(Br)cc(N)cc2Br)cc1. The van der Waals surface area contributed by atoms with Crippen molar-refractivity contribution in [2.75, 3.05) is 17.7 Å². The van der Waals surface area contributed by atoms with E-state index < -0.39 is 0 Å². The number of rotatable bonds is 4. The molecule has 0 bridgehead atoms. The Balaban J connectivity index is 2.18.